The Hall–Kier alpha value is -2.25. The molecule has 0 aromatic carbocycles. The number of ether oxygens (including phenoxy) is 1. The Morgan fingerprint density at radius 2 is 2.16 bits per heavy atom. The molecular formula is C18H26N5O2+. The summed E-state index contributed by atoms with van der Waals surface area (Å²) in [6, 6.07) is 7.47. The normalized spacial score (nSPS) is 15.3. The fourth-order valence-electron chi connectivity index (χ4n) is 3.11. The van der Waals surface area contributed by atoms with E-state index in [4.69, 9.17) is 4.74 Å². The van der Waals surface area contributed by atoms with Gasteiger partial charge in [0.25, 0.3) is 5.91 Å². The smallest absolute Gasteiger partial charge is 0.273 e. The van der Waals surface area contributed by atoms with Crippen LogP contribution >= 0.6 is 0 Å². The molecule has 7 nitrogen and oxygen atoms in total. The molecule has 0 aliphatic carbocycles. The highest BCUT2D eigenvalue weighted by molar-refractivity contribution is 5.92. The van der Waals surface area contributed by atoms with E-state index in [1.54, 1.807) is 12.3 Å². The zero-order valence-corrected chi connectivity index (χ0v) is 14.9. The highest BCUT2D eigenvalue weighted by atomic mass is 16.5. The van der Waals surface area contributed by atoms with E-state index in [0.29, 0.717) is 18.8 Å². The number of nitrogens with one attached hydrogen (secondary N) is 1. The van der Waals surface area contributed by atoms with E-state index >= 15 is 0 Å². The Kier molecular flexibility index (Phi) is 5.78. The van der Waals surface area contributed by atoms with Crippen molar-refractivity contribution in [3.05, 3.63) is 47.5 Å². The summed E-state index contributed by atoms with van der Waals surface area (Å²) >= 11 is 0. The van der Waals surface area contributed by atoms with Gasteiger partial charge in [0.1, 0.15) is 18.8 Å². The van der Waals surface area contributed by atoms with Crippen LogP contribution in [0.15, 0.2) is 30.5 Å². The number of pyridine rings is 1. The molecule has 1 aliphatic heterocycles. The van der Waals surface area contributed by atoms with E-state index in [0.717, 1.165) is 44.2 Å². The standard InChI is InChI=1S/C18H25N5O2/c1-15-13-16(21(2)20-15)14-23(8-7-22-9-11-25-12-10-22)18(24)17-5-3-4-6-19-17/h3-6,13H,7-12,14H2,1-2H3/p+1. The summed E-state index contributed by atoms with van der Waals surface area (Å²) < 4.78 is 7.26. The van der Waals surface area contributed by atoms with Crippen molar-refractivity contribution in [3.8, 4) is 0 Å². The summed E-state index contributed by atoms with van der Waals surface area (Å²) in [7, 11) is 1.92. The van der Waals surface area contributed by atoms with Crippen molar-refractivity contribution >= 4 is 5.91 Å². The van der Waals surface area contributed by atoms with Gasteiger partial charge in [0.05, 0.1) is 44.2 Å². The zero-order chi connectivity index (χ0) is 17.6. The van der Waals surface area contributed by atoms with Crippen LogP contribution in [-0.2, 0) is 18.3 Å². The van der Waals surface area contributed by atoms with Crippen LogP contribution in [0.25, 0.3) is 0 Å². The number of nitrogens with zero attached hydrogens (tertiary/aromatic N) is 4. The maximum Gasteiger partial charge on any atom is 0.273 e. The van der Waals surface area contributed by atoms with Crippen LogP contribution in [0.3, 0.4) is 0 Å². The third kappa shape index (κ3) is 4.64. The van der Waals surface area contributed by atoms with E-state index in [1.165, 1.54) is 4.90 Å². The molecule has 0 unspecified atom stereocenters. The SMILES string of the molecule is Cc1cc(CN(CC[NH+]2CCOCC2)C(=O)c2ccccn2)n(C)n1. The van der Waals surface area contributed by atoms with Crippen LogP contribution in [0.2, 0.25) is 0 Å². The van der Waals surface area contributed by atoms with Gasteiger partial charge in [-0.05, 0) is 25.1 Å². The third-order valence-electron chi connectivity index (χ3n) is 4.56. The van der Waals surface area contributed by atoms with Gasteiger partial charge in [-0.2, -0.15) is 5.10 Å². The first-order valence-corrected chi connectivity index (χ1v) is 8.74. The van der Waals surface area contributed by atoms with E-state index in [-0.39, 0.29) is 5.91 Å². The van der Waals surface area contributed by atoms with Crippen molar-refractivity contribution in [2.75, 3.05) is 39.4 Å². The molecule has 3 heterocycles. The lowest BCUT2D eigenvalue weighted by molar-refractivity contribution is -0.907. The Bertz CT molecular complexity index is 695. The second kappa shape index (κ2) is 8.22. The molecule has 1 N–H and O–H groups in total. The minimum absolute atomic E-state index is 0.0351. The minimum atomic E-state index is -0.0351. The van der Waals surface area contributed by atoms with Crippen LogP contribution in [0, 0.1) is 6.92 Å². The van der Waals surface area contributed by atoms with Gasteiger partial charge >= 0.3 is 0 Å². The summed E-state index contributed by atoms with van der Waals surface area (Å²) in [5.41, 5.74) is 2.47. The number of hydrogen-bond acceptors (Lipinski definition) is 4. The predicted molar refractivity (Wildman–Crippen MR) is 93.3 cm³/mol. The summed E-state index contributed by atoms with van der Waals surface area (Å²) in [6.45, 7) is 7.69. The van der Waals surface area contributed by atoms with Gasteiger partial charge in [0.15, 0.2) is 0 Å². The summed E-state index contributed by atoms with van der Waals surface area (Å²) in [4.78, 5) is 20.5. The third-order valence-corrected chi connectivity index (χ3v) is 4.56. The lowest BCUT2D eigenvalue weighted by Gasteiger charge is -2.28. The quantitative estimate of drug-likeness (QED) is 0.780. The Labute approximate surface area is 148 Å². The average Bonchev–Trinajstić information content (AvgIpc) is 2.96. The molecule has 1 amide bonds. The van der Waals surface area contributed by atoms with Crippen LogP contribution in [-0.4, -0.2) is 65.0 Å². The molecule has 0 saturated carbocycles. The van der Waals surface area contributed by atoms with E-state index < -0.39 is 0 Å². The second-order valence-electron chi connectivity index (χ2n) is 6.45. The summed E-state index contributed by atoms with van der Waals surface area (Å²) in [5, 5.41) is 4.39. The molecule has 25 heavy (non-hydrogen) atoms. The molecule has 0 spiro atoms. The van der Waals surface area contributed by atoms with Crippen molar-refractivity contribution in [2.24, 2.45) is 7.05 Å². The van der Waals surface area contributed by atoms with Crippen molar-refractivity contribution < 1.29 is 14.4 Å². The Morgan fingerprint density at radius 3 is 2.80 bits per heavy atom. The van der Waals surface area contributed by atoms with Crippen molar-refractivity contribution in [3.63, 3.8) is 0 Å². The number of aryl methyl sites for hydroxylation is 2. The lowest BCUT2D eigenvalue weighted by Crippen LogP contribution is -3.14. The molecule has 0 radical (unpaired) electrons. The molecular weight excluding hydrogens is 318 g/mol. The predicted octanol–water partition coefficient (Wildman–Crippen LogP) is -0.319. The summed E-state index contributed by atoms with van der Waals surface area (Å²) in [6.07, 6.45) is 1.66. The monoisotopic (exact) mass is 344 g/mol. The van der Waals surface area contributed by atoms with Crippen LogP contribution in [0.5, 0.6) is 0 Å². The molecule has 1 aliphatic rings. The molecule has 2 aromatic rings. The largest absolute Gasteiger partial charge is 0.370 e. The first-order valence-electron chi connectivity index (χ1n) is 8.74. The van der Waals surface area contributed by atoms with E-state index in [9.17, 15) is 4.79 Å². The number of morpholine rings is 1. The number of carbonyl (C=O) groups is 1. The van der Waals surface area contributed by atoms with Crippen molar-refractivity contribution in [2.45, 2.75) is 13.5 Å². The topological polar surface area (TPSA) is 64.7 Å². The molecule has 0 bridgehead atoms. The minimum Gasteiger partial charge on any atom is -0.370 e. The van der Waals surface area contributed by atoms with Crippen LogP contribution in [0.1, 0.15) is 21.9 Å². The zero-order valence-electron chi connectivity index (χ0n) is 14.9. The van der Waals surface area contributed by atoms with Gasteiger partial charge in [0.2, 0.25) is 0 Å². The number of rotatable bonds is 6. The highest BCUT2D eigenvalue weighted by Crippen LogP contribution is 2.09. The molecule has 1 saturated heterocycles. The van der Waals surface area contributed by atoms with Gasteiger partial charge in [-0.15, -0.1) is 0 Å². The molecule has 3 rings (SSSR count). The maximum atomic E-state index is 12.9. The Balaban J connectivity index is 1.72. The lowest BCUT2D eigenvalue weighted by atomic mass is 10.2. The van der Waals surface area contributed by atoms with Gasteiger partial charge in [-0.25, -0.2) is 0 Å². The number of amides is 1. The van der Waals surface area contributed by atoms with Gasteiger partial charge in [-0.1, -0.05) is 6.07 Å². The molecule has 1 fully saturated rings. The highest BCUT2D eigenvalue weighted by Gasteiger charge is 2.22. The fraction of sp³-hybridized carbons (Fsp3) is 0.500. The van der Waals surface area contributed by atoms with Gasteiger partial charge < -0.3 is 14.5 Å². The fourth-order valence-corrected chi connectivity index (χ4v) is 3.11. The maximum absolute atomic E-state index is 12.9. The molecule has 2 aromatic heterocycles. The van der Waals surface area contributed by atoms with Crippen molar-refractivity contribution in [1.29, 1.82) is 0 Å². The second-order valence-corrected chi connectivity index (χ2v) is 6.45. The summed E-state index contributed by atoms with van der Waals surface area (Å²) in [5.74, 6) is -0.0351. The van der Waals surface area contributed by atoms with E-state index in [1.807, 2.05) is 41.8 Å². The number of quaternary nitrogens is 1. The molecule has 134 valence electrons. The van der Waals surface area contributed by atoms with Crippen molar-refractivity contribution in [1.82, 2.24) is 19.7 Å². The van der Waals surface area contributed by atoms with Crippen LogP contribution < -0.4 is 4.90 Å². The number of aromatic nitrogens is 3. The molecule has 7 heteroatoms. The molecule has 0 atom stereocenters. The number of hydrogen-bond donors (Lipinski definition) is 1. The van der Waals surface area contributed by atoms with Crippen LogP contribution in [0.4, 0.5) is 0 Å². The number of carbonyl (C=O) groups excluding carboxylic acids is 1. The Morgan fingerprint density at radius 1 is 1.36 bits per heavy atom. The average molecular weight is 344 g/mol. The van der Waals surface area contributed by atoms with Gasteiger partial charge in [-0.3, -0.25) is 14.5 Å². The van der Waals surface area contributed by atoms with E-state index in [2.05, 4.69) is 10.1 Å². The first-order chi connectivity index (χ1) is 12.1. The van der Waals surface area contributed by atoms with Gasteiger partial charge in [0, 0.05) is 13.2 Å². The first kappa shape index (κ1) is 17.6.